The van der Waals surface area contributed by atoms with E-state index in [0.717, 1.165) is 12.1 Å². The molecule has 1 atom stereocenters. The fraction of sp³-hybridized carbons (Fsp3) is 0.562. The maximum absolute atomic E-state index is 9.00. The number of hydrogen-bond acceptors (Lipinski definition) is 4. The topological polar surface area (TPSA) is 73.9 Å². The monoisotopic (exact) mass is 290 g/mol. The molecule has 116 valence electrons. The maximum atomic E-state index is 9.00. The first kappa shape index (κ1) is 15.8. The smallest absolute Gasteiger partial charge is 0.147 e. The summed E-state index contributed by atoms with van der Waals surface area (Å²) in [5, 5.41) is 15.7. The Morgan fingerprint density at radius 3 is 2.52 bits per heavy atom. The molecule has 1 fully saturated rings. The zero-order valence-corrected chi connectivity index (χ0v) is 12.9. The summed E-state index contributed by atoms with van der Waals surface area (Å²) in [6, 6.07) is 9.93. The molecule has 0 amide bonds. The van der Waals surface area contributed by atoms with Gasteiger partial charge in [0.2, 0.25) is 0 Å². The standard InChI is InChI=1S/C16H26N4O/c1-20(2)16(9-6-10-16)12-18-11-14(15(17)19-21)13-7-4-3-5-8-13/h3-5,7-8,14,18,21H,6,9-12H2,1-2H3,(H2,17,19). The normalized spacial score (nSPS) is 19.3. The van der Waals surface area contributed by atoms with Gasteiger partial charge in [0.05, 0.1) is 5.92 Å². The van der Waals surface area contributed by atoms with E-state index in [9.17, 15) is 0 Å². The van der Waals surface area contributed by atoms with Crippen LogP contribution in [0.3, 0.4) is 0 Å². The molecule has 0 aromatic heterocycles. The Hall–Kier alpha value is -1.59. The van der Waals surface area contributed by atoms with Crippen molar-refractivity contribution in [3.8, 4) is 0 Å². The number of nitrogens with two attached hydrogens (primary N) is 1. The lowest BCUT2D eigenvalue weighted by atomic mass is 9.75. The highest BCUT2D eigenvalue weighted by Crippen LogP contribution is 2.35. The molecule has 0 radical (unpaired) electrons. The van der Waals surface area contributed by atoms with Crippen LogP contribution in [0.4, 0.5) is 0 Å². The van der Waals surface area contributed by atoms with Crippen molar-refractivity contribution in [1.29, 1.82) is 0 Å². The maximum Gasteiger partial charge on any atom is 0.147 e. The Labute approximate surface area is 126 Å². The van der Waals surface area contributed by atoms with Crippen LogP contribution in [-0.2, 0) is 0 Å². The summed E-state index contributed by atoms with van der Waals surface area (Å²) in [6.45, 7) is 1.61. The van der Waals surface area contributed by atoms with Gasteiger partial charge in [-0.25, -0.2) is 0 Å². The van der Waals surface area contributed by atoms with Crippen molar-refractivity contribution in [2.75, 3.05) is 27.2 Å². The number of oxime groups is 1. The van der Waals surface area contributed by atoms with Crippen molar-refractivity contribution in [2.24, 2.45) is 10.9 Å². The molecule has 1 aromatic rings. The first-order valence-corrected chi connectivity index (χ1v) is 7.49. The number of rotatable bonds is 7. The average molecular weight is 290 g/mol. The van der Waals surface area contributed by atoms with Crippen molar-refractivity contribution in [2.45, 2.75) is 30.7 Å². The van der Waals surface area contributed by atoms with Gasteiger partial charge in [-0.3, -0.25) is 0 Å². The van der Waals surface area contributed by atoms with Crippen LogP contribution in [-0.4, -0.2) is 48.7 Å². The number of nitrogens with one attached hydrogen (secondary N) is 1. The second-order valence-corrected chi connectivity index (χ2v) is 6.09. The molecule has 5 nitrogen and oxygen atoms in total. The molecule has 0 heterocycles. The fourth-order valence-corrected chi connectivity index (χ4v) is 2.96. The Morgan fingerprint density at radius 1 is 1.38 bits per heavy atom. The molecule has 21 heavy (non-hydrogen) atoms. The van der Waals surface area contributed by atoms with E-state index in [2.05, 4.69) is 29.5 Å². The van der Waals surface area contributed by atoms with E-state index in [4.69, 9.17) is 10.9 Å². The summed E-state index contributed by atoms with van der Waals surface area (Å²) >= 11 is 0. The summed E-state index contributed by atoms with van der Waals surface area (Å²) in [7, 11) is 4.28. The van der Waals surface area contributed by atoms with E-state index in [1.807, 2.05) is 30.3 Å². The lowest BCUT2D eigenvalue weighted by molar-refractivity contribution is 0.0602. The number of benzene rings is 1. The lowest BCUT2D eigenvalue weighted by Crippen LogP contribution is -2.57. The van der Waals surface area contributed by atoms with Crippen molar-refractivity contribution >= 4 is 5.84 Å². The van der Waals surface area contributed by atoms with E-state index in [-0.39, 0.29) is 17.3 Å². The van der Waals surface area contributed by atoms with Gasteiger partial charge < -0.3 is 21.2 Å². The van der Waals surface area contributed by atoms with Gasteiger partial charge in [-0.1, -0.05) is 35.5 Å². The molecule has 2 rings (SSSR count). The second-order valence-electron chi connectivity index (χ2n) is 6.09. The quantitative estimate of drug-likeness (QED) is 0.308. The summed E-state index contributed by atoms with van der Waals surface area (Å²) < 4.78 is 0. The van der Waals surface area contributed by atoms with Crippen LogP contribution >= 0.6 is 0 Å². The highest BCUT2D eigenvalue weighted by atomic mass is 16.4. The molecule has 1 saturated carbocycles. The molecule has 1 unspecified atom stereocenters. The SMILES string of the molecule is CN(C)C1(CNCC(/C(N)=N/O)c2ccccc2)CCC1. The van der Waals surface area contributed by atoms with Crippen LogP contribution < -0.4 is 11.1 Å². The number of hydrogen-bond donors (Lipinski definition) is 3. The van der Waals surface area contributed by atoms with Crippen LogP contribution in [0, 0.1) is 0 Å². The lowest BCUT2D eigenvalue weighted by Gasteiger charge is -2.47. The van der Waals surface area contributed by atoms with Gasteiger partial charge in [-0.15, -0.1) is 0 Å². The van der Waals surface area contributed by atoms with Gasteiger partial charge >= 0.3 is 0 Å². The predicted molar refractivity (Wildman–Crippen MR) is 85.7 cm³/mol. The molecular weight excluding hydrogens is 264 g/mol. The largest absolute Gasteiger partial charge is 0.409 e. The van der Waals surface area contributed by atoms with Crippen LogP contribution in [0.25, 0.3) is 0 Å². The first-order chi connectivity index (χ1) is 10.1. The third-order valence-corrected chi connectivity index (χ3v) is 4.71. The van der Waals surface area contributed by atoms with Crippen LogP contribution in [0.5, 0.6) is 0 Å². The van der Waals surface area contributed by atoms with Gasteiger partial charge in [0.1, 0.15) is 5.84 Å². The summed E-state index contributed by atoms with van der Waals surface area (Å²) in [5.41, 5.74) is 7.19. The molecule has 0 bridgehead atoms. The van der Waals surface area contributed by atoms with E-state index < -0.39 is 0 Å². The molecule has 1 aliphatic rings. The van der Waals surface area contributed by atoms with Crippen LogP contribution in [0.1, 0.15) is 30.7 Å². The molecular formula is C16H26N4O. The van der Waals surface area contributed by atoms with Crippen molar-refractivity contribution in [3.05, 3.63) is 35.9 Å². The zero-order valence-electron chi connectivity index (χ0n) is 12.9. The first-order valence-electron chi connectivity index (χ1n) is 7.49. The Balaban J connectivity index is 1.97. The highest BCUT2D eigenvalue weighted by molar-refractivity contribution is 5.87. The predicted octanol–water partition coefficient (Wildman–Crippen LogP) is 1.59. The van der Waals surface area contributed by atoms with E-state index >= 15 is 0 Å². The van der Waals surface area contributed by atoms with Gasteiger partial charge in [0, 0.05) is 18.6 Å². The minimum atomic E-state index is -0.101. The third-order valence-electron chi connectivity index (χ3n) is 4.71. The Bertz CT molecular complexity index is 468. The second kappa shape index (κ2) is 6.91. The van der Waals surface area contributed by atoms with Crippen molar-refractivity contribution in [1.82, 2.24) is 10.2 Å². The zero-order chi connectivity index (χ0) is 15.3. The average Bonchev–Trinajstić information content (AvgIpc) is 2.45. The van der Waals surface area contributed by atoms with Gasteiger partial charge in [0.25, 0.3) is 0 Å². The Morgan fingerprint density at radius 2 is 2.05 bits per heavy atom. The number of likely N-dealkylation sites (N-methyl/N-ethyl adjacent to an activating group) is 1. The number of nitrogens with zero attached hydrogens (tertiary/aromatic N) is 2. The van der Waals surface area contributed by atoms with Gasteiger partial charge in [0.15, 0.2) is 0 Å². The molecule has 0 aliphatic heterocycles. The third kappa shape index (κ3) is 3.54. The molecule has 1 aromatic carbocycles. The van der Waals surface area contributed by atoms with Crippen LogP contribution in [0.15, 0.2) is 35.5 Å². The molecule has 0 saturated heterocycles. The minimum absolute atomic E-state index is 0.101. The molecule has 5 heteroatoms. The summed E-state index contributed by atoms with van der Waals surface area (Å²) in [5.74, 6) is 0.150. The highest BCUT2D eigenvalue weighted by Gasteiger charge is 2.38. The van der Waals surface area contributed by atoms with Crippen molar-refractivity contribution in [3.63, 3.8) is 0 Å². The van der Waals surface area contributed by atoms with E-state index in [1.54, 1.807) is 0 Å². The molecule has 1 aliphatic carbocycles. The van der Waals surface area contributed by atoms with Crippen molar-refractivity contribution < 1.29 is 5.21 Å². The molecule has 0 spiro atoms. The van der Waals surface area contributed by atoms with E-state index in [0.29, 0.717) is 6.54 Å². The van der Waals surface area contributed by atoms with Gasteiger partial charge in [-0.05, 0) is 38.9 Å². The summed E-state index contributed by atoms with van der Waals surface area (Å²) in [6.07, 6.45) is 3.75. The van der Waals surface area contributed by atoms with E-state index in [1.165, 1.54) is 19.3 Å². The Kier molecular flexibility index (Phi) is 5.20. The van der Waals surface area contributed by atoms with Gasteiger partial charge in [-0.2, -0.15) is 0 Å². The number of amidine groups is 1. The summed E-state index contributed by atoms with van der Waals surface area (Å²) in [4.78, 5) is 2.31. The fourth-order valence-electron chi connectivity index (χ4n) is 2.96. The molecule has 4 N–H and O–H groups in total. The minimum Gasteiger partial charge on any atom is -0.409 e. The van der Waals surface area contributed by atoms with Crippen LogP contribution in [0.2, 0.25) is 0 Å².